The van der Waals surface area contributed by atoms with Crippen LogP contribution < -0.4 is 15.5 Å². The summed E-state index contributed by atoms with van der Waals surface area (Å²) in [6, 6.07) is 3.84. The van der Waals surface area contributed by atoms with Gasteiger partial charge in [-0.15, -0.1) is 0 Å². The molecule has 2 rings (SSSR count). The van der Waals surface area contributed by atoms with Gasteiger partial charge < -0.3 is 20.3 Å². The number of morpholine rings is 1. The summed E-state index contributed by atoms with van der Waals surface area (Å²) in [5, 5.41) is 6.07. The average Bonchev–Trinajstić information content (AvgIpc) is 2.54. The molecule has 0 spiro atoms. The van der Waals surface area contributed by atoms with Crippen LogP contribution in [-0.4, -0.2) is 50.3 Å². The van der Waals surface area contributed by atoms with Crippen molar-refractivity contribution in [3.63, 3.8) is 0 Å². The topological polar surface area (TPSA) is 66.5 Å². The van der Waals surface area contributed by atoms with Crippen molar-refractivity contribution in [1.82, 2.24) is 10.3 Å². The third-order valence-electron chi connectivity index (χ3n) is 3.50. The first-order valence-corrected chi connectivity index (χ1v) is 7.51. The Hall–Kier alpha value is -1.66. The summed E-state index contributed by atoms with van der Waals surface area (Å²) in [7, 11) is 0. The zero-order valence-corrected chi connectivity index (χ0v) is 12.8. The molecule has 1 aromatic heterocycles. The Morgan fingerprint density at radius 3 is 2.81 bits per heavy atom. The van der Waals surface area contributed by atoms with Gasteiger partial charge in [-0.25, -0.2) is 4.98 Å². The van der Waals surface area contributed by atoms with Crippen molar-refractivity contribution in [1.29, 1.82) is 0 Å². The van der Waals surface area contributed by atoms with E-state index in [4.69, 9.17) is 4.74 Å². The number of rotatable bonds is 6. The molecule has 1 fully saturated rings. The lowest BCUT2D eigenvalue weighted by Gasteiger charge is -2.27. The predicted molar refractivity (Wildman–Crippen MR) is 83.6 cm³/mol. The first kappa shape index (κ1) is 15.7. The number of hydrogen-bond donors (Lipinski definition) is 2. The highest BCUT2D eigenvalue weighted by Gasteiger charge is 2.14. The summed E-state index contributed by atoms with van der Waals surface area (Å²) in [6.07, 6.45) is 1.71. The van der Waals surface area contributed by atoms with E-state index >= 15 is 0 Å². The van der Waals surface area contributed by atoms with Crippen LogP contribution >= 0.6 is 0 Å². The Kier molecular flexibility index (Phi) is 5.95. The number of aromatic nitrogens is 1. The van der Waals surface area contributed by atoms with E-state index in [1.807, 2.05) is 26.0 Å². The molecule has 0 aromatic carbocycles. The molecule has 6 heteroatoms. The van der Waals surface area contributed by atoms with Crippen molar-refractivity contribution in [3.8, 4) is 0 Å². The molecule has 1 unspecified atom stereocenters. The summed E-state index contributed by atoms with van der Waals surface area (Å²) in [5.41, 5.74) is 0.736. The second-order valence-corrected chi connectivity index (χ2v) is 5.20. The number of nitrogens with one attached hydrogen (secondary N) is 2. The molecule has 2 N–H and O–H groups in total. The minimum absolute atomic E-state index is 0.0110. The summed E-state index contributed by atoms with van der Waals surface area (Å²) in [5.74, 6) is 0.873. The van der Waals surface area contributed by atoms with Crippen LogP contribution in [0, 0.1) is 5.92 Å². The zero-order valence-electron chi connectivity index (χ0n) is 12.8. The van der Waals surface area contributed by atoms with Gasteiger partial charge in [0, 0.05) is 25.6 Å². The van der Waals surface area contributed by atoms with Crippen LogP contribution in [0.1, 0.15) is 13.8 Å². The molecule has 0 radical (unpaired) electrons. The number of amides is 1. The Morgan fingerprint density at radius 1 is 1.43 bits per heavy atom. The molecule has 116 valence electrons. The summed E-state index contributed by atoms with van der Waals surface area (Å²) >= 11 is 0. The van der Waals surface area contributed by atoms with E-state index in [1.54, 1.807) is 6.20 Å². The van der Waals surface area contributed by atoms with Crippen molar-refractivity contribution in [2.45, 2.75) is 13.8 Å². The smallest absolute Gasteiger partial charge is 0.228 e. The molecule has 1 amide bonds. The van der Waals surface area contributed by atoms with Crippen molar-refractivity contribution in [2.24, 2.45) is 5.92 Å². The van der Waals surface area contributed by atoms with Crippen LogP contribution in [0.3, 0.4) is 0 Å². The Labute approximate surface area is 125 Å². The van der Waals surface area contributed by atoms with Crippen LogP contribution in [0.4, 0.5) is 11.5 Å². The number of carbonyl (C=O) groups excluding carboxylic acids is 1. The molecule has 1 aliphatic rings. The van der Waals surface area contributed by atoms with E-state index in [1.165, 1.54) is 0 Å². The average molecular weight is 292 g/mol. The van der Waals surface area contributed by atoms with Crippen LogP contribution in [0.25, 0.3) is 0 Å². The number of ether oxygens (including phenoxy) is 1. The van der Waals surface area contributed by atoms with E-state index in [0.717, 1.165) is 44.4 Å². The lowest BCUT2D eigenvalue weighted by Crippen LogP contribution is -2.36. The molecule has 2 heterocycles. The standard InChI is InChI=1S/C15H24N4O2/c1-3-16-10-12(2)15(20)18-13-4-5-14(17-11-13)19-6-8-21-9-7-19/h4-5,11-12,16H,3,6-10H2,1-2H3,(H,18,20). The minimum atomic E-state index is -0.0659. The van der Waals surface area contributed by atoms with Gasteiger partial charge in [0.2, 0.25) is 5.91 Å². The van der Waals surface area contributed by atoms with Gasteiger partial charge in [-0.1, -0.05) is 13.8 Å². The van der Waals surface area contributed by atoms with E-state index < -0.39 is 0 Å². The summed E-state index contributed by atoms with van der Waals surface area (Å²) in [6.45, 7) is 8.68. The SMILES string of the molecule is CCNCC(C)C(=O)Nc1ccc(N2CCOCC2)nc1. The van der Waals surface area contributed by atoms with Gasteiger partial charge in [-0.3, -0.25) is 4.79 Å². The van der Waals surface area contributed by atoms with Gasteiger partial charge in [-0.05, 0) is 18.7 Å². The van der Waals surface area contributed by atoms with Crippen molar-refractivity contribution >= 4 is 17.4 Å². The van der Waals surface area contributed by atoms with Crippen LogP contribution in [-0.2, 0) is 9.53 Å². The first-order valence-electron chi connectivity index (χ1n) is 7.51. The quantitative estimate of drug-likeness (QED) is 0.822. The monoisotopic (exact) mass is 292 g/mol. The number of carbonyl (C=O) groups is 1. The number of pyridine rings is 1. The van der Waals surface area contributed by atoms with Gasteiger partial charge in [-0.2, -0.15) is 0 Å². The van der Waals surface area contributed by atoms with E-state index in [9.17, 15) is 4.79 Å². The highest BCUT2D eigenvalue weighted by Crippen LogP contribution is 2.15. The Bertz CT molecular complexity index is 443. The molecule has 0 saturated carbocycles. The third-order valence-corrected chi connectivity index (χ3v) is 3.50. The molecule has 0 aliphatic carbocycles. The fraction of sp³-hybridized carbons (Fsp3) is 0.600. The number of nitrogens with zero attached hydrogens (tertiary/aromatic N) is 2. The molecule has 6 nitrogen and oxygen atoms in total. The van der Waals surface area contributed by atoms with Crippen LogP contribution in [0.15, 0.2) is 18.3 Å². The maximum Gasteiger partial charge on any atom is 0.228 e. The molecule has 21 heavy (non-hydrogen) atoms. The van der Waals surface area contributed by atoms with E-state index in [0.29, 0.717) is 6.54 Å². The van der Waals surface area contributed by atoms with Crippen molar-refractivity contribution < 1.29 is 9.53 Å². The fourth-order valence-electron chi connectivity index (χ4n) is 2.16. The van der Waals surface area contributed by atoms with Gasteiger partial charge in [0.15, 0.2) is 0 Å². The van der Waals surface area contributed by atoms with Crippen molar-refractivity contribution in [3.05, 3.63) is 18.3 Å². The zero-order chi connectivity index (χ0) is 15.1. The molecule has 1 aliphatic heterocycles. The molecular weight excluding hydrogens is 268 g/mol. The molecule has 1 aromatic rings. The van der Waals surface area contributed by atoms with Gasteiger partial charge in [0.1, 0.15) is 5.82 Å². The predicted octanol–water partition coefficient (Wildman–Crippen LogP) is 1.10. The van der Waals surface area contributed by atoms with E-state index in [2.05, 4.69) is 20.5 Å². The largest absolute Gasteiger partial charge is 0.378 e. The van der Waals surface area contributed by atoms with Gasteiger partial charge in [0.05, 0.1) is 25.1 Å². The molecule has 0 bridgehead atoms. The van der Waals surface area contributed by atoms with E-state index in [-0.39, 0.29) is 11.8 Å². The fourth-order valence-corrected chi connectivity index (χ4v) is 2.16. The summed E-state index contributed by atoms with van der Waals surface area (Å²) < 4.78 is 5.32. The minimum Gasteiger partial charge on any atom is -0.378 e. The van der Waals surface area contributed by atoms with Crippen LogP contribution in [0.2, 0.25) is 0 Å². The Balaban J connectivity index is 1.88. The Morgan fingerprint density at radius 2 is 2.19 bits per heavy atom. The third kappa shape index (κ3) is 4.68. The molecule has 1 saturated heterocycles. The highest BCUT2D eigenvalue weighted by atomic mass is 16.5. The van der Waals surface area contributed by atoms with Gasteiger partial charge >= 0.3 is 0 Å². The summed E-state index contributed by atoms with van der Waals surface area (Å²) in [4.78, 5) is 18.6. The highest BCUT2D eigenvalue weighted by molar-refractivity contribution is 5.92. The second kappa shape index (κ2) is 7.95. The normalized spacial score (nSPS) is 16.6. The van der Waals surface area contributed by atoms with Crippen molar-refractivity contribution in [2.75, 3.05) is 49.6 Å². The lowest BCUT2D eigenvalue weighted by atomic mass is 10.1. The second-order valence-electron chi connectivity index (χ2n) is 5.20. The van der Waals surface area contributed by atoms with Gasteiger partial charge in [0.25, 0.3) is 0 Å². The number of anilines is 2. The molecular formula is C15H24N4O2. The first-order chi connectivity index (χ1) is 10.2. The maximum atomic E-state index is 12.0. The molecule has 1 atom stereocenters. The van der Waals surface area contributed by atoms with Crippen LogP contribution in [0.5, 0.6) is 0 Å². The maximum absolute atomic E-state index is 12.0. The number of hydrogen-bond acceptors (Lipinski definition) is 5. The lowest BCUT2D eigenvalue weighted by molar-refractivity contribution is -0.119.